The SMILES string of the molecule is Cc1cc([N+](=O)[O-])ccc1N(CC(=O)O)S(C)(=O)=O. The number of hydrogen-bond acceptors (Lipinski definition) is 5. The third-order valence-corrected chi connectivity index (χ3v) is 3.47. The van der Waals surface area contributed by atoms with Crippen molar-refractivity contribution in [3.63, 3.8) is 0 Å². The first-order valence-corrected chi connectivity index (χ1v) is 6.92. The molecule has 1 rings (SSSR count). The second-order valence-corrected chi connectivity index (χ2v) is 5.80. The van der Waals surface area contributed by atoms with Crippen LogP contribution in [0.2, 0.25) is 0 Å². The third kappa shape index (κ3) is 3.65. The lowest BCUT2D eigenvalue weighted by molar-refractivity contribution is -0.384. The number of carboxylic acid groups (broad SMARTS) is 1. The lowest BCUT2D eigenvalue weighted by atomic mass is 10.2. The monoisotopic (exact) mass is 288 g/mol. The molecule has 0 spiro atoms. The molecule has 0 fully saturated rings. The summed E-state index contributed by atoms with van der Waals surface area (Å²) in [5, 5.41) is 19.3. The topological polar surface area (TPSA) is 118 Å². The number of carboxylic acids is 1. The lowest BCUT2D eigenvalue weighted by Gasteiger charge is -2.21. The van der Waals surface area contributed by atoms with E-state index in [9.17, 15) is 23.3 Å². The fraction of sp³-hybridized carbons (Fsp3) is 0.300. The van der Waals surface area contributed by atoms with Gasteiger partial charge in [-0.2, -0.15) is 0 Å². The summed E-state index contributed by atoms with van der Waals surface area (Å²) in [6.07, 6.45) is 0.872. The van der Waals surface area contributed by atoms with Gasteiger partial charge in [-0.15, -0.1) is 0 Å². The van der Waals surface area contributed by atoms with Crippen LogP contribution < -0.4 is 4.31 Å². The second kappa shape index (κ2) is 5.22. The number of aryl methyl sites for hydroxylation is 1. The Bertz CT molecular complexity index is 625. The van der Waals surface area contributed by atoms with E-state index in [0.29, 0.717) is 9.87 Å². The van der Waals surface area contributed by atoms with Gasteiger partial charge in [0.25, 0.3) is 5.69 Å². The van der Waals surface area contributed by atoms with Gasteiger partial charge in [0.15, 0.2) is 0 Å². The minimum absolute atomic E-state index is 0.107. The van der Waals surface area contributed by atoms with Crippen LogP contribution in [-0.2, 0) is 14.8 Å². The van der Waals surface area contributed by atoms with Crippen molar-refractivity contribution in [3.8, 4) is 0 Å². The van der Waals surface area contributed by atoms with Crippen molar-refractivity contribution in [2.24, 2.45) is 0 Å². The van der Waals surface area contributed by atoms with Crippen LogP contribution in [0.3, 0.4) is 0 Å². The van der Waals surface area contributed by atoms with Crippen molar-refractivity contribution in [1.29, 1.82) is 0 Å². The molecule has 0 saturated heterocycles. The van der Waals surface area contributed by atoms with Crippen LogP contribution in [0, 0.1) is 17.0 Å². The van der Waals surface area contributed by atoms with Gasteiger partial charge < -0.3 is 5.11 Å². The van der Waals surface area contributed by atoms with Gasteiger partial charge in [0, 0.05) is 12.1 Å². The van der Waals surface area contributed by atoms with E-state index in [4.69, 9.17) is 5.11 Å². The Morgan fingerprint density at radius 3 is 2.42 bits per heavy atom. The van der Waals surface area contributed by atoms with Crippen LogP contribution in [0.5, 0.6) is 0 Å². The van der Waals surface area contributed by atoms with Crippen LogP contribution in [0.15, 0.2) is 18.2 Å². The fourth-order valence-electron chi connectivity index (χ4n) is 1.54. The van der Waals surface area contributed by atoms with Gasteiger partial charge in [-0.05, 0) is 18.6 Å². The summed E-state index contributed by atoms with van der Waals surface area (Å²) in [7, 11) is -3.79. The first-order chi connectivity index (χ1) is 8.62. The largest absolute Gasteiger partial charge is 0.480 e. The molecule has 1 aromatic carbocycles. The maximum absolute atomic E-state index is 11.6. The third-order valence-electron chi connectivity index (χ3n) is 2.34. The van der Waals surface area contributed by atoms with Gasteiger partial charge in [0.05, 0.1) is 16.9 Å². The van der Waals surface area contributed by atoms with Crippen molar-refractivity contribution >= 4 is 27.4 Å². The Balaban J connectivity index is 3.32. The molecule has 9 heteroatoms. The van der Waals surface area contributed by atoms with Crippen LogP contribution >= 0.6 is 0 Å². The molecule has 0 aliphatic carbocycles. The number of sulfonamides is 1. The molecule has 0 bridgehead atoms. The van der Waals surface area contributed by atoms with Gasteiger partial charge in [0.2, 0.25) is 10.0 Å². The molecule has 1 N–H and O–H groups in total. The molecule has 0 atom stereocenters. The zero-order chi connectivity index (χ0) is 14.8. The zero-order valence-electron chi connectivity index (χ0n) is 10.2. The number of anilines is 1. The molecule has 0 heterocycles. The average molecular weight is 288 g/mol. The number of rotatable bonds is 5. The molecule has 0 amide bonds. The van der Waals surface area contributed by atoms with Crippen LogP contribution in [0.1, 0.15) is 5.56 Å². The summed E-state index contributed by atoms with van der Waals surface area (Å²) in [5.41, 5.74) is 0.224. The minimum Gasteiger partial charge on any atom is -0.480 e. The molecule has 0 radical (unpaired) electrons. The van der Waals surface area contributed by atoms with Gasteiger partial charge in [-0.1, -0.05) is 0 Å². The first kappa shape index (κ1) is 14.9. The first-order valence-electron chi connectivity index (χ1n) is 5.07. The summed E-state index contributed by atoms with van der Waals surface area (Å²) >= 11 is 0. The lowest BCUT2D eigenvalue weighted by Crippen LogP contribution is -2.35. The van der Waals surface area contributed by atoms with Crippen LogP contribution in [0.4, 0.5) is 11.4 Å². The Labute approximate surface area is 109 Å². The number of carbonyl (C=O) groups is 1. The van der Waals surface area contributed by atoms with Crippen molar-refractivity contribution in [3.05, 3.63) is 33.9 Å². The van der Waals surface area contributed by atoms with E-state index in [1.54, 1.807) is 0 Å². The molecule has 104 valence electrons. The summed E-state index contributed by atoms with van der Waals surface area (Å²) in [6.45, 7) is 0.736. The molecule has 0 aliphatic heterocycles. The van der Waals surface area contributed by atoms with E-state index in [2.05, 4.69) is 0 Å². The second-order valence-electron chi connectivity index (χ2n) is 3.89. The van der Waals surface area contributed by atoms with Gasteiger partial charge in [0.1, 0.15) is 6.54 Å². The average Bonchev–Trinajstić information content (AvgIpc) is 2.24. The number of non-ortho nitro benzene ring substituents is 1. The van der Waals surface area contributed by atoms with Crippen molar-refractivity contribution in [2.45, 2.75) is 6.92 Å². The predicted molar refractivity (Wildman–Crippen MR) is 67.7 cm³/mol. The Hall–Kier alpha value is -2.16. The highest BCUT2D eigenvalue weighted by Crippen LogP contribution is 2.26. The predicted octanol–water partition coefficient (Wildman–Crippen LogP) is 0.754. The summed E-state index contributed by atoms with van der Waals surface area (Å²) < 4.78 is 23.8. The number of aliphatic carboxylic acids is 1. The quantitative estimate of drug-likeness (QED) is 0.631. The van der Waals surface area contributed by atoms with Crippen molar-refractivity contribution in [2.75, 3.05) is 17.1 Å². The molecule has 0 aromatic heterocycles. The standard InChI is InChI=1S/C10H12N2O6S/c1-7-5-8(12(15)16)3-4-9(7)11(6-10(13)14)19(2,17)18/h3-5H,6H2,1-2H3,(H,13,14). The van der Waals surface area contributed by atoms with E-state index in [1.807, 2.05) is 0 Å². The maximum Gasteiger partial charge on any atom is 0.324 e. The normalized spacial score (nSPS) is 11.1. The van der Waals surface area contributed by atoms with Gasteiger partial charge >= 0.3 is 5.97 Å². The molecule has 0 aliphatic rings. The molecule has 0 unspecified atom stereocenters. The van der Waals surface area contributed by atoms with Crippen LogP contribution in [-0.4, -0.2) is 37.2 Å². The molecule has 8 nitrogen and oxygen atoms in total. The van der Waals surface area contributed by atoms with Gasteiger partial charge in [-0.25, -0.2) is 8.42 Å². The fourth-order valence-corrected chi connectivity index (χ4v) is 2.44. The van der Waals surface area contributed by atoms with Crippen molar-refractivity contribution in [1.82, 2.24) is 0 Å². The molecule has 0 saturated carbocycles. The Kier molecular flexibility index (Phi) is 4.10. The maximum atomic E-state index is 11.6. The Morgan fingerprint density at radius 1 is 1.47 bits per heavy atom. The molecule has 1 aromatic rings. The number of nitro benzene ring substituents is 1. The van der Waals surface area contributed by atoms with E-state index < -0.39 is 27.5 Å². The number of nitrogens with zero attached hydrogens (tertiary/aromatic N) is 2. The smallest absolute Gasteiger partial charge is 0.324 e. The van der Waals surface area contributed by atoms with Crippen LogP contribution in [0.25, 0.3) is 0 Å². The van der Waals surface area contributed by atoms with Crippen molar-refractivity contribution < 1.29 is 23.2 Å². The van der Waals surface area contributed by atoms with Gasteiger partial charge in [-0.3, -0.25) is 19.2 Å². The van der Waals surface area contributed by atoms with E-state index >= 15 is 0 Å². The van der Waals surface area contributed by atoms with E-state index in [0.717, 1.165) is 12.3 Å². The summed E-state index contributed by atoms with van der Waals surface area (Å²) in [6, 6.07) is 3.54. The summed E-state index contributed by atoms with van der Waals surface area (Å²) in [4.78, 5) is 20.7. The summed E-state index contributed by atoms with van der Waals surface area (Å²) in [5.74, 6) is -1.32. The highest BCUT2D eigenvalue weighted by Gasteiger charge is 2.23. The zero-order valence-corrected chi connectivity index (χ0v) is 11.0. The number of nitro groups is 1. The number of benzene rings is 1. The highest BCUT2D eigenvalue weighted by atomic mass is 32.2. The molecular formula is C10H12N2O6S. The minimum atomic E-state index is -3.79. The molecule has 19 heavy (non-hydrogen) atoms. The molecular weight excluding hydrogens is 276 g/mol. The number of hydrogen-bond donors (Lipinski definition) is 1. The Morgan fingerprint density at radius 2 is 2.05 bits per heavy atom. The van der Waals surface area contributed by atoms with E-state index in [1.165, 1.54) is 19.1 Å². The van der Waals surface area contributed by atoms with E-state index in [-0.39, 0.29) is 11.4 Å². The highest BCUT2D eigenvalue weighted by molar-refractivity contribution is 7.92.